The zero-order valence-corrected chi connectivity index (χ0v) is 12.4. The molecule has 0 fully saturated rings. The topological polar surface area (TPSA) is 38.5 Å². The molecule has 0 radical (unpaired) electrons. The molecule has 102 valence electrons. The summed E-state index contributed by atoms with van der Waals surface area (Å²) in [4.78, 5) is 4.83. The lowest BCUT2D eigenvalue weighted by atomic mass is 10.2. The van der Waals surface area contributed by atoms with Crippen molar-refractivity contribution in [3.63, 3.8) is 0 Å². The van der Waals surface area contributed by atoms with Gasteiger partial charge in [0.2, 0.25) is 0 Å². The molecule has 0 bridgehead atoms. The standard InChI is InChI=1S/C15H20N2OS/c1-11-4-9-15(19-11)14(10-16)17(2)12-5-7-13(18-3)8-6-12/h4-9,14H,10,16H2,1-3H3. The number of rotatable bonds is 5. The van der Waals surface area contributed by atoms with E-state index >= 15 is 0 Å². The Hall–Kier alpha value is -1.52. The van der Waals surface area contributed by atoms with E-state index in [2.05, 4.69) is 43.1 Å². The summed E-state index contributed by atoms with van der Waals surface area (Å²) in [5, 5.41) is 0. The molecule has 3 nitrogen and oxygen atoms in total. The molecule has 0 aliphatic rings. The molecule has 1 aromatic carbocycles. The molecule has 1 atom stereocenters. The van der Waals surface area contributed by atoms with Crippen LogP contribution in [0.3, 0.4) is 0 Å². The lowest BCUT2D eigenvalue weighted by molar-refractivity contribution is 0.415. The van der Waals surface area contributed by atoms with Crippen molar-refractivity contribution in [2.75, 3.05) is 25.6 Å². The van der Waals surface area contributed by atoms with Crippen LogP contribution in [-0.4, -0.2) is 20.7 Å². The monoisotopic (exact) mass is 276 g/mol. The predicted octanol–water partition coefficient (Wildman–Crippen LogP) is 3.20. The average Bonchev–Trinajstić information content (AvgIpc) is 2.86. The number of methoxy groups -OCH3 is 1. The molecular formula is C15H20N2OS. The van der Waals surface area contributed by atoms with Crippen molar-refractivity contribution in [2.45, 2.75) is 13.0 Å². The number of anilines is 1. The van der Waals surface area contributed by atoms with Gasteiger partial charge in [0.05, 0.1) is 13.2 Å². The first-order chi connectivity index (χ1) is 9.15. The van der Waals surface area contributed by atoms with Gasteiger partial charge in [-0.05, 0) is 43.3 Å². The van der Waals surface area contributed by atoms with Crippen LogP contribution in [0.4, 0.5) is 5.69 Å². The van der Waals surface area contributed by atoms with Crippen molar-refractivity contribution in [2.24, 2.45) is 5.73 Å². The second-order valence-electron chi connectivity index (χ2n) is 4.51. The van der Waals surface area contributed by atoms with E-state index in [4.69, 9.17) is 10.5 Å². The normalized spacial score (nSPS) is 12.2. The van der Waals surface area contributed by atoms with Gasteiger partial charge >= 0.3 is 0 Å². The van der Waals surface area contributed by atoms with Crippen molar-refractivity contribution < 1.29 is 4.74 Å². The highest BCUT2D eigenvalue weighted by Gasteiger charge is 2.17. The lowest BCUT2D eigenvalue weighted by Crippen LogP contribution is -2.29. The molecule has 0 spiro atoms. The van der Waals surface area contributed by atoms with Gasteiger partial charge in [-0.25, -0.2) is 0 Å². The third-order valence-electron chi connectivity index (χ3n) is 3.26. The lowest BCUT2D eigenvalue weighted by Gasteiger charge is -2.28. The summed E-state index contributed by atoms with van der Waals surface area (Å²) in [5.74, 6) is 0.869. The molecule has 0 amide bonds. The largest absolute Gasteiger partial charge is 0.497 e. The highest BCUT2D eigenvalue weighted by molar-refractivity contribution is 7.12. The van der Waals surface area contributed by atoms with E-state index in [1.807, 2.05) is 12.1 Å². The van der Waals surface area contributed by atoms with E-state index in [1.54, 1.807) is 18.4 Å². The smallest absolute Gasteiger partial charge is 0.119 e. The van der Waals surface area contributed by atoms with Crippen molar-refractivity contribution in [3.8, 4) is 5.75 Å². The Morgan fingerprint density at radius 1 is 1.21 bits per heavy atom. The Kier molecular flexibility index (Phi) is 4.45. The second-order valence-corrected chi connectivity index (χ2v) is 5.83. The maximum atomic E-state index is 5.95. The Labute approximate surface area is 118 Å². The summed E-state index contributed by atoms with van der Waals surface area (Å²) >= 11 is 1.80. The quantitative estimate of drug-likeness (QED) is 0.911. The van der Waals surface area contributed by atoms with Gasteiger partial charge in [0.15, 0.2) is 0 Å². The van der Waals surface area contributed by atoms with Crippen LogP contribution < -0.4 is 15.4 Å². The van der Waals surface area contributed by atoms with Crippen molar-refractivity contribution in [3.05, 3.63) is 46.2 Å². The molecule has 0 aliphatic carbocycles. The summed E-state index contributed by atoms with van der Waals surface area (Å²) in [6.07, 6.45) is 0. The van der Waals surface area contributed by atoms with Crippen LogP contribution in [0.1, 0.15) is 15.8 Å². The first-order valence-electron chi connectivity index (χ1n) is 6.29. The van der Waals surface area contributed by atoms with Crippen molar-refractivity contribution in [1.82, 2.24) is 0 Å². The molecule has 2 rings (SSSR count). The zero-order chi connectivity index (χ0) is 13.8. The number of hydrogen-bond donors (Lipinski definition) is 1. The molecular weight excluding hydrogens is 256 g/mol. The third kappa shape index (κ3) is 3.08. The summed E-state index contributed by atoms with van der Waals surface area (Å²) in [6.45, 7) is 2.72. The molecule has 1 aromatic heterocycles. The van der Waals surface area contributed by atoms with Crippen LogP contribution in [0, 0.1) is 6.92 Å². The van der Waals surface area contributed by atoms with Crippen LogP contribution in [0.2, 0.25) is 0 Å². The maximum Gasteiger partial charge on any atom is 0.119 e. The van der Waals surface area contributed by atoms with Crippen LogP contribution >= 0.6 is 11.3 Å². The van der Waals surface area contributed by atoms with E-state index < -0.39 is 0 Å². The summed E-state index contributed by atoms with van der Waals surface area (Å²) in [5.41, 5.74) is 7.09. The molecule has 2 aromatic rings. The van der Waals surface area contributed by atoms with E-state index in [0.717, 1.165) is 11.4 Å². The van der Waals surface area contributed by atoms with Crippen LogP contribution in [0.25, 0.3) is 0 Å². The van der Waals surface area contributed by atoms with Gasteiger partial charge in [0, 0.05) is 29.0 Å². The van der Waals surface area contributed by atoms with Crippen LogP contribution in [0.5, 0.6) is 5.75 Å². The predicted molar refractivity (Wildman–Crippen MR) is 82.2 cm³/mol. The molecule has 1 heterocycles. The fraction of sp³-hybridized carbons (Fsp3) is 0.333. The number of thiophene rings is 1. The first kappa shape index (κ1) is 13.9. The minimum Gasteiger partial charge on any atom is -0.497 e. The van der Waals surface area contributed by atoms with Crippen LogP contribution in [0.15, 0.2) is 36.4 Å². The van der Waals surface area contributed by atoms with Crippen molar-refractivity contribution >= 4 is 17.0 Å². The number of nitrogens with zero attached hydrogens (tertiary/aromatic N) is 1. The molecule has 19 heavy (non-hydrogen) atoms. The van der Waals surface area contributed by atoms with E-state index in [0.29, 0.717) is 6.54 Å². The minimum atomic E-state index is 0.215. The average molecular weight is 276 g/mol. The Bertz CT molecular complexity index is 521. The maximum absolute atomic E-state index is 5.95. The number of hydrogen-bond acceptors (Lipinski definition) is 4. The van der Waals surface area contributed by atoms with Gasteiger partial charge in [-0.1, -0.05) is 0 Å². The fourth-order valence-corrected chi connectivity index (χ4v) is 3.13. The van der Waals surface area contributed by atoms with Gasteiger partial charge in [-0.3, -0.25) is 0 Å². The van der Waals surface area contributed by atoms with E-state index in [1.165, 1.54) is 9.75 Å². The highest BCUT2D eigenvalue weighted by Crippen LogP contribution is 2.30. The number of likely N-dealkylation sites (N-methyl/N-ethyl adjacent to an activating group) is 1. The van der Waals surface area contributed by atoms with Gasteiger partial charge in [-0.2, -0.15) is 0 Å². The number of benzene rings is 1. The third-order valence-corrected chi connectivity index (χ3v) is 4.36. The minimum absolute atomic E-state index is 0.215. The Morgan fingerprint density at radius 2 is 1.89 bits per heavy atom. The molecule has 2 N–H and O–H groups in total. The van der Waals surface area contributed by atoms with E-state index in [-0.39, 0.29) is 6.04 Å². The number of nitrogens with two attached hydrogens (primary N) is 1. The Balaban J connectivity index is 2.22. The Morgan fingerprint density at radius 3 is 2.37 bits per heavy atom. The van der Waals surface area contributed by atoms with Crippen LogP contribution in [-0.2, 0) is 0 Å². The second kappa shape index (κ2) is 6.08. The summed E-state index contributed by atoms with van der Waals surface area (Å²) in [6, 6.07) is 12.6. The molecule has 0 saturated heterocycles. The molecule has 1 unspecified atom stereocenters. The highest BCUT2D eigenvalue weighted by atomic mass is 32.1. The van der Waals surface area contributed by atoms with E-state index in [9.17, 15) is 0 Å². The number of ether oxygens (including phenoxy) is 1. The van der Waals surface area contributed by atoms with Crippen molar-refractivity contribution in [1.29, 1.82) is 0 Å². The van der Waals surface area contributed by atoms with Gasteiger partial charge in [0.25, 0.3) is 0 Å². The summed E-state index contributed by atoms with van der Waals surface area (Å²) in [7, 11) is 3.75. The van der Waals surface area contributed by atoms with Gasteiger partial charge < -0.3 is 15.4 Å². The van der Waals surface area contributed by atoms with Gasteiger partial charge in [0.1, 0.15) is 5.75 Å². The van der Waals surface area contributed by atoms with Gasteiger partial charge in [-0.15, -0.1) is 11.3 Å². The fourth-order valence-electron chi connectivity index (χ4n) is 2.09. The molecule has 4 heteroatoms. The molecule has 0 aliphatic heterocycles. The number of aryl methyl sites for hydroxylation is 1. The summed E-state index contributed by atoms with van der Waals surface area (Å²) < 4.78 is 5.18. The SMILES string of the molecule is COc1ccc(N(C)C(CN)c2ccc(C)s2)cc1. The zero-order valence-electron chi connectivity index (χ0n) is 11.6. The molecule has 0 saturated carbocycles. The first-order valence-corrected chi connectivity index (χ1v) is 7.10.